The number of methoxy groups -OCH3 is 1. The van der Waals surface area contributed by atoms with Crippen molar-refractivity contribution >= 4 is 11.9 Å². The first-order valence-corrected chi connectivity index (χ1v) is 7.17. The second kappa shape index (κ2) is 9.15. The number of halogens is 1. The summed E-state index contributed by atoms with van der Waals surface area (Å²) in [5, 5.41) is 0. The quantitative estimate of drug-likeness (QED) is 0.544. The van der Waals surface area contributed by atoms with E-state index in [2.05, 4.69) is 4.74 Å². The van der Waals surface area contributed by atoms with Crippen LogP contribution in [0.4, 0.5) is 4.39 Å². The van der Waals surface area contributed by atoms with E-state index in [1.807, 2.05) is 6.92 Å². The first-order valence-electron chi connectivity index (χ1n) is 7.17. The van der Waals surface area contributed by atoms with Gasteiger partial charge in [0.15, 0.2) is 0 Å². The molecule has 22 heavy (non-hydrogen) atoms. The monoisotopic (exact) mass is 312 g/mol. The van der Waals surface area contributed by atoms with Gasteiger partial charge in [-0.05, 0) is 25.0 Å². The highest BCUT2D eigenvalue weighted by Gasteiger charge is 2.21. The number of carbonyl (C=O) groups is 2. The number of aryl methyl sites for hydroxylation is 1. The summed E-state index contributed by atoms with van der Waals surface area (Å²) in [6.07, 6.45) is 0.145. The lowest BCUT2D eigenvalue weighted by molar-refractivity contribution is -0.139. The molecule has 0 aliphatic carbocycles. The number of benzene rings is 1. The number of carbonyl (C=O) groups excluding carboxylic acids is 2. The molecule has 5 nitrogen and oxygen atoms in total. The fourth-order valence-corrected chi connectivity index (χ4v) is 1.94. The third-order valence-corrected chi connectivity index (χ3v) is 3.14. The van der Waals surface area contributed by atoms with E-state index in [1.54, 1.807) is 6.92 Å². The van der Waals surface area contributed by atoms with Gasteiger partial charge in [-0.1, -0.05) is 13.0 Å². The largest absolute Gasteiger partial charge is 0.469 e. The smallest absolute Gasteiger partial charge is 0.338 e. The van der Waals surface area contributed by atoms with Gasteiger partial charge in [-0.25, -0.2) is 9.18 Å². The molecule has 0 radical (unpaired) electrons. The van der Waals surface area contributed by atoms with Crippen LogP contribution >= 0.6 is 0 Å². The van der Waals surface area contributed by atoms with Gasteiger partial charge in [-0.15, -0.1) is 0 Å². The van der Waals surface area contributed by atoms with Crippen LogP contribution in [0.2, 0.25) is 0 Å². The zero-order valence-electron chi connectivity index (χ0n) is 13.1. The van der Waals surface area contributed by atoms with E-state index in [4.69, 9.17) is 9.47 Å². The van der Waals surface area contributed by atoms with Gasteiger partial charge < -0.3 is 14.2 Å². The summed E-state index contributed by atoms with van der Waals surface area (Å²) >= 11 is 0. The minimum absolute atomic E-state index is 0.00705. The highest BCUT2D eigenvalue weighted by atomic mass is 19.1. The molecule has 0 saturated carbocycles. The summed E-state index contributed by atoms with van der Waals surface area (Å²) in [5.41, 5.74) is 0.481. The molecule has 0 N–H and O–H groups in total. The second-order valence-electron chi connectivity index (χ2n) is 4.50. The van der Waals surface area contributed by atoms with Gasteiger partial charge in [0.2, 0.25) is 0 Å². The summed E-state index contributed by atoms with van der Waals surface area (Å²) < 4.78 is 29.0. The molecule has 1 rings (SSSR count). The topological polar surface area (TPSA) is 61.8 Å². The van der Waals surface area contributed by atoms with Gasteiger partial charge in [0.25, 0.3) is 0 Å². The fraction of sp³-hybridized carbons (Fsp3) is 0.500. The number of hydrogen-bond donors (Lipinski definition) is 0. The lowest BCUT2D eigenvalue weighted by atomic mass is 9.99. The normalized spacial score (nSPS) is 10.4. The van der Waals surface area contributed by atoms with E-state index in [9.17, 15) is 14.0 Å². The summed E-state index contributed by atoms with van der Waals surface area (Å²) in [7, 11) is 1.21. The number of ether oxygens (including phenoxy) is 3. The van der Waals surface area contributed by atoms with Crippen molar-refractivity contribution in [3.05, 3.63) is 34.6 Å². The van der Waals surface area contributed by atoms with Gasteiger partial charge in [-0.2, -0.15) is 0 Å². The van der Waals surface area contributed by atoms with Crippen molar-refractivity contribution < 1.29 is 28.2 Å². The van der Waals surface area contributed by atoms with Crippen molar-refractivity contribution in [3.63, 3.8) is 0 Å². The van der Waals surface area contributed by atoms with Crippen molar-refractivity contribution in [1.29, 1.82) is 0 Å². The van der Waals surface area contributed by atoms with E-state index < -0.39 is 17.8 Å². The van der Waals surface area contributed by atoms with E-state index in [1.165, 1.54) is 19.2 Å². The standard InChI is InChI=1S/C16H21FO5/c1-4-11-6-7-12(16(19)22-9-8-21-5-2)13(15(11)17)10-14(18)20-3/h6-7H,4-5,8-10H2,1-3H3. The van der Waals surface area contributed by atoms with Crippen LogP contribution in [0.3, 0.4) is 0 Å². The molecule has 122 valence electrons. The maximum atomic E-state index is 14.4. The van der Waals surface area contributed by atoms with E-state index in [0.717, 1.165) is 0 Å². The van der Waals surface area contributed by atoms with Crippen molar-refractivity contribution in [1.82, 2.24) is 0 Å². The number of hydrogen-bond acceptors (Lipinski definition) is 5. The molecule has 0 aliphatic heterocycles. The molecular weight excluding hydrogens is 291 g/mol. The van der Waals surface area contributed by atoms with Crippen molar-refractivity contribution in [2.45, 2.75) is 26.7 Å². The molecule has 0 spiro atoms. The zero-order chi connectivity index (χ0) is 16.5. The lowest BCUT2D eigenvalue weighted by Crippen LogP contribution is -2.17. The number of esters is 2. The maximum Gasteiger partial charge on any atom is 0.338 e. The molecule has 0 fully saturated rings. The summed E-state index contributed by atoms with van der Waals surface area (Å²) in [5.74, 6) is -1.86. The van der Waals surface area contributed by atoms with Crippen LogP contribution in [0.15, 0.2) is 12.1 Å². The Kier molecular flexibility index (Phi) is 7.52. The highest BCUT2D eigenvalue weighted by Crippen LogP contribution is 2.20. The van der Waals surface area contributed by atoms with Crippen LogP contribution < -0.4 is 0 Å². The molecule has 0 aliphatic rings. The van der Waals surface area contributed by atoms with Gasteiger partial charge in [-0.3, -0.25) is 4.79 Å². The van der Waals surface area contributed by atoms with Crippen molar-refractivity contribution in [3.8, 4) is 0 Å². The van der Waals surface area contributed by atoms with Crippen LogP contribution in [-0.2, 0) is 31.8 Å². The van der Waals surface area contributed by atoms with E-state index in [0.29, 0.717) is 18.6 Å². The molecule has 0 unspecified atom stereocenters. The predicted molar refractivity (Wildman–Crippen MR) is 78.3 cm³/mol. The Morgan fingerprint density at radius 1 is 1.18 bits per heavy atom. The summed E-state index contributed by atoms with van der Waals surface area (Å²) in [6, 6.07) is 3.00. The average molecular weight is 312 g/mol. The van der Waals surface area contributed by atoms with E-state index >= 15 is 0 Å². The Labute approximate surface area is 129 Å². The molecule has 0 atom stereocenters. The van der Waals surface area contributed by atoms with Crippen LogP contribution in [0.25, 0.3) is 0 Å². The Hall–Kier alpha value is -1.95. The average Bonchev–Trinajstić information content (AvgIpc) is 2.52. The molecule has 0 aromatic heterocycles. The third-order valence-electron chi connectivity index (χ3n) is 3.14. The molecule has 0 heterocycles. The van der Waals surface area contributed by atoms with Crippen LogP contribution in [0, 0.1) is 5.82 Å². The van der Waals surface area contributed by atoms with Gasteiger partial charge >= 0.3 is 11.9 Å². The first-order chi connectivity index (χ1) is 10.5. The molecular formula is C16H21FO5. The second-order valence-corrected chi connectivity index (χ2v) is 4.50. The SMILES string of the molecule is CCOCCOC(=O)c1ccc(CC)c(F)c1CC(=O)OC. The molecule has 1 aromatic carbocycles. The third kappa shape index (κ3) is 4.80. The minimum atomic E-state index is -0.680. The van der Waals surface area contributed by atoms with Crippen LogP contribution in [-0.4, -0.2) is 38.9 Å². The van der Waals surface area contributed by atoms with Gasteiger partial charge in [0, 0.05) is 12.2 Å². The molecule has 1 aromatic rings. The van der Waals surface area contributed by atoms with Gasteiger partial charge in [0.1, 0.15) is 12.4 Å². The Balaban J connectivity index is 2.99. The summed E-state index contributed by atoms with van der Waals surface area (Å²) in [4.78, 5) is 23.5. The maximum absolute atomic E-state index is 14.4. The Bertz CT molecular complexity index is 528. The molecule has 6 heteroatoms. The van der Waals surface area contributed by atoms with Crippen molar-refractivity contribution in [2.24, 2.45) is 0 Å². The van der Waals surface area contributed by atoms with E-state index in [-0.39, 0.29) is 30.8 Å². The van der Waals surface area contributed by atoms with Crippen LogP contribution in [0.5, 0.6) is 0 Å². The molecule has 0 bridgehead atoms. The predicted octanol–water partition coefficient (Wildman–Crippen LogP) is 2.30. The Morgan fingerprint density at radius 2 is 1.91 bits per heavy atom. The van der Waals surface area contributed by atoms with Crippen molar-refractivity contribution in [2.75, 3.05) is 26.9 Å². The minimum Gasteiger partial charge on any atom is -0.469 e. The molecule has 0 amide bonds. The highest BCUT2D eigenvalue weighted by molar-refractivity contribution is 5.92. The lowest BCUT2D eigenvalue weighted by Gasteiger charge is -2.12. The summed E-state index contributed by atoms with van der Waals surface area (Å²) in [6.45, 7) is 4.48. The zero-order valence-corrected chi connectivity index (χ0v) is 13.1. The van der Waals surface area contributed by atoms with Crippen LogP contribution in [0.1, 0.15) is 35.3 Å². The fourth-order valence-electron chi connectivity index (χ4n) is 1.94. The molecule has 0 saturated heterocycles. The first kappa shape index (κ1) is 18.1. The Morgan fingerprint density at radius 3 is 2.50 bits per heavy atom. The number of rotatable bonds is 8. The van der Waals surface area contributed by atoms with Gasteiger partial charge in [0.05, 0.1) is 25.7 Å².